The van der Waals surface area contributed by atoms with Crippen LogP contribution in [0.3, 0.4) is 0 Å². The topological polar surface area (TPSA) is 38.5 Å². The third-order valence-corrected chi connectivity index (χ3v) is 13.0. The van der Waals surface area contributed by atoms with E-state index in [4.69, 9.17) is 10.5 Å². The van der Waals surface area contributed by atoms with E-state index in [1.807, 2.05) is 6.07 Å². The van der Waals surface area contributed by atoms with Gasteiger partial charge >= 0.3 is 0 Å². The normalized spacial score (nSPS) is 13.9. The van der Waals surface area contributed by atoms with E-state index in [0.717, 1.165) is 61.7 Å². The summed E-state index contributed by atoms with van der Waals surface area (Å²) >= 11 is 0. The Morgan fingerprint density at radius 2 is 1.11 bits per heavy atom. The molecule has 0 amide bonds. The number of anilines is 4. The van der Waals surface area contributed by atoms with Gasteiger partial charge < -0.3 is 15.4 Å². The fourth-order valence-corrected chi connectivity index (χ4v) is 9.76. The number of fused-ring (bicyclic) bond motifs is 3. The Kier molecular flexibility index (Phi) is 10.5. The molecule has 2 atom stereocenters. The van der Waals surface area contributed by atoms with E-state index < -0.39 is 0 Å². The van der Waals surface area contributed by atoms with Crippen molar-refractivity contribution < 1.29 is 4.74 Å². The zero-order chi connectivity index (χ0) is 43.7. The summed E-state index contributed by atoms with van der Waals surface area (Å²) in [7, 11) is 0. The summed E-state index contributed by atoms with van der Waals surface area (Å²) in [6.07, 6.45) is 9.65. The molecule has 0 saturated carbocycles. The molecule has 1 aliphatic rings. The molecule has 0 heterocycles. The van der Waals surface area contributed by atoms with Crippen LogP contribution in [0.4, 0.5) is 22.7 Å². The van der Waals surface area contributed by atoms with E-state index in [0.29, 0.717) is 11.4 Å². The van der Waals surface area contributed by atoms with Crippen LogP contribution >= 0.6 is 0 Å². The molecule has 0 aliphatic heterocycles. The molecule has 312 valence electrons. The van der Waals surface area contributed by atoms with Crippen molar-refractivity contribution in [3.8, 4) is 39.1 Å². The molecule has 2 N–H and O–H groups in total. The van der Waals surface area contributed by atoms with Gasteiger partial charge in [0.15, 0.2) is 0 Å². The monoisotopic (exact) mass is 836 g/mol. The van der Waals surface area contributed by atoms with E-state index in [2.05, 4.69) is 242 Å². The molecule has 2 unspecified atom stereocenters. The van der Waals surface area contributed by atoms with Gasteiger partial charge in [-0.3, -0.25) is 0 Å². The van der Waals surface area contributed by atoms with Crippen LogP contribution in [0.2, 0.25) is 0 Å². The molecule has 0 spiro atoms. The molecule has 0 saturated heterocycles. The lowest BCUT2D eigenvalue weighted by Crippen LogP contribution is -2.14. The van der Waals surface area contributed by atoms with Gasteiger partial charge in [0.2, 0.25) is 0 Å². The highest BCUT2D eigenvalue weighted by molar-refractivity contribution is 6.13. The van der Waals surface area contributed by atoms with Crippen LogP contribution in [0.25, 0.3) is 65.7 Å². The first-order valence-corrected chi connectivity index (χ1v) is 22.5. The molecular weight excluding hydrogens is 789 g/mol. The Morgan fingerprint density at radius 3 is 1.95 bits per heavy atom. The number of allylic oxidation sites excluding steroid dienone is 4. The maximum Gasteiger partial charge on any atom is 0.144 e. The summed E-state index contributed by atoms with van der Waals surface area (Å²) in [5.74, 6) is 0.913. The number of rotatable bonds is 10. The largest absolute Gasteiger partial charge is 0.484 e. The maximum atomic E-state index is 7.02. The average molecular weight is 837 g/mol. The van der Waals surface area contributed by atoms with Gasteiger partial charge in [-0.2, -0.15) is 0 Å². The fraction of sp³-hybridized carbons (Fsp3) is 0.0645. The van der Waals surface area contributed by atoms with Gasteiger partial charge in [-0.05, 0) is 110 Å². The second kappa shape index (κ2) is 17.2. The summed E-state index contributed by atoms with van der Waals surface area (Å²) in [6, 6.07) is 76.3. The minimum atomic E-state index is -0.233. The van der Waals surface area contributed by atoms with Crippen LogP contribution in [0.1, 0.15) is 36.5 Å². The Labute approximate surface area is 381 Å². The Morgan fingerprint density at radius 1 is 0.492 bits per heavy atom. The molecule has 0 fully saturated rings. The second-order valence-corrected chi connectivity index (χ2v) is 16.9. The predicted octanol–water partition coefficient (Wildman–Crippen LogP) is 16.9. The molecule has 1 aliphatic carbocycles. The van der Waals surface area contributed by atoms with Crippen molar-refractivity contribution in [3.05, 3.63) is 248 Å². The van der Waals surface area contributed by atoms with E-state index in [1.54, 1.807) is 0 Å². The van der Waals surface area contributed by atoms with Crippen LogP contribution < -0.4 is 15.4 Å². The van der Waals surface area contributed by atoms with Gasteiger partial charge in [0.1, 0.15) is 11.9 Å². The lowest BCUT2D eigenvalue weighted by atomic mass is 9.89. The molecule has 0 aromatic heterocycles. The predicted molar refractivity (Wildman–Crippen MR) is 275 cm³/mol. The number of hydrogen-bond acceptors (Lipinski definition) is 3. The van der Waals surface area contributed by atoms with E-state index in [1.165, 1.54) is 38.6 Å². The van der Waals surface area contributed by atoms with Gasteiger partial charge in [0.05, 0.1) is 11.4 Å². The average Bonchev–Trinajstić information content (AvgIpc) is 3.38. The number of benzene rings is 10. The summed E-state index contributed by atoms with van der Waals surface area (Å²) in [6.45, 7) is 2.09. The Balaban J connectivity index is 1.06. The van der Waals surface area contributed by atoms with Gasteiger partial charge in [-0.1, -0.05) is 206 Å². The molecule has 10 aromatic carbocycles. The molecule has 0 radical (unpaired) electrons. The first-order valence-electron chi connectivity index (χ1n) is 22.5. The maximum absolute atomic E-state index is 7.02. The number of nitrogen functional groups attached to an aromatic ring is 1. The van der Waals surface area contributed by atoms with Crippen LogP contribution in [-0.4, -0.2) is 0 Å². The lowest BCUT2D eigenvalue weighted by Gasteiger charge is -2.31. The zero-order valence-corrected chi connectivity index (χ0v) is 36.3. The standard InChI is InChI=1S/C62H48N2O/c1-42(43-36-38-45(39-37-43)44-18-4-2-5-19-44)65-61-41-58(55-28-10-11-29-57(55)62(61)63)54-31-16-33-56-53(54)32-17-35-60(56)64(59-34-13-12-27-52(59)47-20-6-3-7-21-47)49-25-14-24-48(40-49)51-30-15-23-46-22-8-9-26-50(46)51/h2-20,22-42,47H,21,63H2,1H3. The van der Waals surface area contributed by atoms with Crippen molar-refractivity contribution in [2.24, 2.45) is 0 Å². The number of hydrogen-bond donors (Lipinski definition) is 1. The fourth-order valence-electron chi connectivity index (χ4n) is 9.76. The van der Waals surface area contributed by atoms with E-state index >= 15 is 0 Å². The zero-order valence-electron chi connectivity index (χ0n) is 36.3. The smallest absolute Gasteiger partial charge is 0.144 e. The summed E-state index contributed by atoms with van der Waals surface area (Å²) < 4.78 is 6.84. The molecule has 3 nitrogen and oxygen atoms in total. The summed E-state index contributed by atoms with van der Waals surface area (Å²) in [5.41, 5.74) is 20.3. The summed E-state index contributed by atoms with van der Waals surface area (Å²) in [5, 5.41) is 6.80. The molecular formula is C62H48N2O. The van der Waals surface area contributed by atoms with E-state index in [9.17, 15) is 0 Å². The third kappa shape index (κ3) is 7.51. The van der Waals surface area contributed by atoms with Crippen molar-refractivity contribution >= 4 is 55.1 Å². The van der Waals surface area contributed by atoms with Gasteiger partial charge in [-0.15, -0.1) is 0 Å². The molecule has 65 heavy (non-hydrogen) atoms. The van der Waals surface area contributed by atoms with Crippen molar-refractivity contribution in [3.63, 3.8) is 0 Å². The SMILES string of the molecule is CC(Oc1cc(-c2cccc3c(N(c4cccc(-c5cccc6ccccc56)c4)c4ccccc4C4C=CC=CC4)cccc23)c2ccccc2c1N)c1ccc(-c2ccccc2)cc1. The van der Waals surface area contributed by atoms with Crippen LogP contribution in [0, 0.1) is 0 Å². The first kappa shape index (κ1) is 39.7. The van der Waals surface area contributed by atoms with Gasteiger partial charge in [0, 0.05) is 28.1 Å². The highest BCUT2D eigenvalue weighted by Crippen LogP contribution is 2.48. The van der Waals surface area contributed by atoms with Crippen LogP contribution in [0.15, 0.2) is 237 Å². The summed E-state index contributed by atoms with van der Waals surface area (Å²) in [4.78, 5) is 2.47. The van der Waals surface area contributed by atoms with E-state index in [-0.39, 0.29) is 12.0 Å². The van der Waals surface area contributed by atoms with Crippen molar-refractivity contribution in [1.82, 2.24) is 0 Å². The van der Waals surface area contributed by atoms with Gasteiger partial charge in [0.25, 0.3) is 0 Å². The Bertz CT molecular complexity index is 3420. The van der Waals surface area contributed by atoms with Crippen LogP contribution in [-0.2, 0) is 0 Å². The van der Waals surface area contributed by atoms with Crippen molar-refractivity contribution in [2.45, 2.75) is 25.4 Å². The minimum Gasteiger partial charge on any atom is -0.484 e. The quantitative estimate of drug-likeness (QED) is 0.139. The highest BCUT2D eigenvalue weighted by Gasteiger charge is 2.24. The number of ether oxygens (including phenoxy) is 1. The first-order chi connectivity index (χ1) is 32.1. The third-order valence-electron chi connectivity index (χ3n) is 13.0. The van der Waals surface area contributed by atoms with Crippen molar-refractivity contribution in [1.29, 1.82) is 0 Å². The highest BCUT2D eigenvalue weighted by atomic mass is 16.5. The van der Waals surface area contributed by atoms with Crippen LogP contribution in [0.5, 0.6) is 5.75 Å². The van der Waals surface area contributed by atoms with Gasteiger partial charge in [-0.25, -0.2) is 0 Å². The molecule has 0 bridgehead atoms. The lowest BCUT2D eigenvalue weighted by molar-refractivity contribution is 0.228. The second-order valence-electron chi connectivity index (χ2n) is 16.9. The molecule has 3 heteroatoms. The number of nitrogens with zero attached hydrogens (tertiary/aromatic N) is 1. The Hall–Kier alpha value is -8.14. The number of nitrogens with two attached hydrogens (primary N) is 1. The van der Waals surface area contributed by atoms with Crippen molar-refractivity contribution in [2.75, 3.05) is 10.6 Å². The molecule has 10 aromatic rings. The number of para-hydroxylation sites is 1. The molecule has 11 rings (SSSR count). The minimum absolute atomic E-state index is 0.233.